The molecule has 11 heteroatoms. The maximum Gasteiger partial charge on any atom is 0.335 e. The number of halogens is 2. The average molecular weight is 607 g/mol. The van der Waals surface area contributed by atoms with Crippen molar-refractivity contribution in [2.75, 3.05) is 37.7 Å². The second-order valence-corrected chi connectivity index (χ2v) is 11.6. The summed E-state index contributed by atoms with van der Waals surface area (Å²) in [4.78, 5) is 25.7. The van der Waals surface area contributed by atoms with Gasteiger partial charge in [-0.1, -0.05) is 41.4 Å². The largest absolute Gasteiger partial charge is 0.478 e. The van der Waals surface area contributed by atoms with Crippen LogP contribution in [0.1, 0.15) is 40.0 Å². The van der Waals surface area contributed by atoms with Gasteiger partial charge in [-0.15, -0.1) is 0 Å². The van der Waals surface area contributed by atoms with Crippen molar-refractivity contribution in [1.29, 1.82) is 0 Å². The third-order valence-electron chi connectivity index (χ3n) is 8.16. The molecule has 2 aromatic carbocycles. The number of hydrogen-bond acceptors (Lipinski definition) is 7. The Kier molecular flexibility index (Phi) is 7.27. The standard InChI is InChI=1S/C31H29Cl2N5O4/c32-21-15-23(33)29(34-16-21)27-7-5-19-2-1-3-25(30(19)42-27)37-11-9-36(10-12-37)18-28-35-24-6-4-20(31(39)40)14-26(24)38(28)17-22-8-13-41-22/h1-7,14-16,22,27H,8-13,17-18H2,(H,39,40). The topological polar surface area (TPSA) is 93.0 Å². The van der Waals surface area contributed by atoms with E-state index in [1.165, 1.54) is 0 Å². The predicted octanol–water partition coefficient (Wildman–Crippen LogP) is 5.69. The van der Waals surface area contributed by atoms with Gasteiger partial charge in [0.15, 0.2) is 11.9 Å². The Bertz CT molecular complexity index is 1690. The van der Waals surface area contributed by atoms with E-state index in [1.54, 1.807) is 30.5 Å². The van der Waals surface area contributed by atoms with Gasteiger partial charge in [0.1, 0.15) is 11.5 Å². The number of carbonyl (C=O) groups is 1. The number of carboxylic acids is 1. The Morgan fingerprint density at radius 1 is 1.10 bits per heavy atom. The van der Waals surface area contributed by atoms with E-state index in [2.05, 4.69) is 37.6 Å². The molecule has 0 saturated carbocycles. The molecular formula is C31H29Cl2N5O4. The minimum atomic E-state index is -0.941. The van der Waals surface area contributed by atoms with Crippen LogP contribution in [0, 0.1) is 0 Å². The molecule has 42 heavy (non-hydrogen) atoms. The van der Waals surface area contributed by atoms with Gasteiger partial charge in [-0.05, 0) is 42.8 Å². The molecule has 7 rings (SSSR count). The van der Waals surface area contributed by atoms with Crippen molar-refractivity contribution in [3.63, 3.8) is 0 Å². The van der Waals surface area contributed by atoms with Crippen LogP contribution < -0.4 is 9.64 Å². The van der Waals surface area contributed by atoms with Crippen LogP contribution in [0.25, 0.3) is 17.1 Å². The molecule has 4 aromatic rings. The van der Waals surface area contributed by atoms with Gasteiger partial charge in [0.2, 0.25) is 0 Å². The van der Waals surface area contributed by atoms with E-state index < -0.39 is 12.1 Å². The number of fused-ring (bicyclic) bond motifs is 2. The van der Waals surface area contributed by atoms with E-state index in [0.717, 1.165) is 73.1 Å². The van der Waals surface area contributed by atoms with E-state index in [1.807, 2.05) is 12.1 Å². The molecule has 2 aromatic heterocycles. The fourth-order valence-corrected chi connectivity index (χ4v) is 6.29. The lowest BCUT2D eigenvalue weighted by Crippen LogP contribution is -2.46. The fraction of sp³-hybridized carbons (Fsp3) is 0.323. The lowest BCUT2D eigenvalue weighted by molar-refractivity contribution is -0.0592. The van der Waals surface area contributed by atoms with Gasteiger partial charge in [-0.2, -0.15) is 0 Å². The molecule has 1 N–H and O–H groups in total. The quantitative estimate of drug-likeness (QED) is 0.287. The maximum atomic E-state index is 11.6. The van der Waals surface area contributed by atoms with E-state index in [9.17, 15) is 9.90 Å². The zero-order chi connectivity index (χ0) is 28.8. The number of aromatic carboxylic acids is 1. The summed E-state index contributed by atoms with van der Waals surface area (Å²) in [6, 6.07) is 13.0. The first-order valence-electron chi connectivity index (χ1n) is 14.0. The number of anilines is 1. The van der Waals surface area contributed by atoms with Gasteiger partial charge in [-0.25, -0.2) is 9.78 Å². The summed E-state index contributed by atoms with van der Waals surface area (Å²) in [6.07, 6.45) is 6.33. The number of rotatable bonds is 7. The Balaban J connectivity index is 1.08. The van der Waals surface area contributed by atoms with Crippen molar-refractivity contribution < 1.29 is 19.4 Å². The summed E-state index contributed by atoms with van der Waals surface area (Å²) < 4.78 is 14.3. The zero-order valence-corrected chi connectivity index (χ0v) is 24.3. The summed E-state index contributed by atoms with van der Waals surface area (Å²) in [5.74, 6) is 0.809. The SMILES string of the molecule is O=C(O)c1ccc2nc(CN3CCN(c4cccc5c4OC(c4ncc(Cl)cc4Cl)C=C5)CC3)n(CC3CCO3)c2c1. The average Bonchev–Trinajstić information content (AvgIpc) is 3.30. The van der Waals surface area contributed by atoms with Gasteiger partial charge in [0, 0.05) is 44.5 Å². The number of hydrogen-bond donors (Lipinski definition) is 1. The molecule has 2 atom stereocenters. The van der Waals surface area contributed by atoms with Gasteiger partial charge in [-0.3, -0.25) is 9.88 Å². The highest BCUT2D eigenvalue weighted by Gasteiger charge is 2.28. The molecule has 3 aliphatic rings. The molecule has 0 aliphatic carbocycles. The first-order chi connectivity index (χ1) is 20.4. The molecule has 5 heterocycles. The van der Waals surface area contributed by atoms with Crippen molar-refractivity contribution in [1.82, 2.24) is 19.4 Å². The van der Waals surface area contributed by atoms with Crippen molar-refractivity contribution in [3.05, 3.63) is 87.4 Å². The second-order valence-electron chi connectivity index (χ2n) is 10.8. The lowest BCUT2D eigenvalue weighted by Gasteiger charge is -2.37. The van der Waals surface area contributed by atoms with Crippen LogP contribution >= 0.6 is 23.2 Å². The van der Waals surface area contributed by atoms with Crippen LogP contribution in [0.15, 0.2) is 54.7 Å². The van der Waals surface area contributed by atoms with Crippen LogP contribution in [0.4, 0.5) is 5.69 Å². The molecule has 3 aliphatic heterocycles. The van der Waals surface area contributed by atoms with E-state index >= 15 is 0 Å². The monoisotopic (exact) mass is 605 g/mol. The molecular weight excluding hydrogens is 577 g/mol. The minimum Gasteiger partial charge on any atom is -0.478 e. The first kappa shape index (κ1) is 27.2. The second kappa shape index (κ2) is 11.2. The number of pyridine rings is 1. The number of nitrogens with zero attached hydrogens (tertiary/aromatic N) is 5. The number of imidazole rings is 1. The Morgan fingerprint density at radius 2 is 1.93 bits per heavy atom. The number of para-hydroxylation sites is 1. The lowest BCUT2D eigenvalue weighted by atomic mass is 10.1. The molecule has 0 radical (unpaired) electrons. The summed E-state index contributed by atoms with van der Waals surface area (Å²) in [6.45, 7) is 5.44. The van der Waals surface area contributed by atoms with Crippen molar-refractivity contribution in [2.24, 2.45) is 0 Å². The van der Waals surface area contributed by atoms with Crippen LogP contribution in [-0.4, -0.2) is 69.4 Å². The Hall–Kier alpha value is -3.63. The molecule has 2 fully saturated rings. The molecule has 2 saturated heterocycles. The summed E-state index contributed by atoms with van der Waals surface area (Å²) in [5.41, 5.74) is 4.60. The van der Waals surface area contributed by atoms with E-state index in [4.69, 9.17) is 37.7 Å². The summed E-state index contributed by atoms with van der Waals surface area (Å²) >= 11 is 12.5. The predicted molar refractivity (Wildman–Crippen MR) is 162 cm³/mol. The normalized spacial score (nSPS) is 20.3. The number of carboxylic acid groups (broad SMARTS) is 1. The van der Waals surface area contributed by atoms with Crippen LogP contribution in [0.5, 0.6) is 5.75 Å². The minimum absolute atomic E-state index is 0.131. The Labute approximate surface area is 252 Å². The Morgan fingerprint density at radius 3 is 2.67 bits per heavy atom. The molecule has 0 spiro atoms. The van der Waals surface area contributed by atoms with E-state index in [0.29, 0.717) is 28.8 Å². The van der Waals surface area contributed by atoms with Crippen LogP contribution in [0.2, 0.25) is 10.0 Å². The zero-order valence-electron chi connectivity index (χ0n) is 22.7. The maximum absolute atomic E-state index is 11.6. The number of aromatic nitrogens is 3. The van der Waals surface area contributed by atoms with Gasteiger partial charge in [0.05, 0.1) is 51.5 Å². The van der Waals surface area contributed by atoms with Gasteiger partial charge >= 0.3 is 5.97 Å². The van der Waals surface area contributed by atoms with Gasteiger partial charge in [0.25, 0.3) is 0 Å². The molecule has 216 valence electrons. The summed E-state index contributed by atoms with van der Waals surface area (Å²) in [5, 5.41) is 10.5. The third kappa shape index (κ3) is 5.22. The van der Waals surface area contributed by atoms with E-state index in [-0.39, 0.29) is 11.7 Å². The fourth-order valence-electron chi connectivity index (χ4n) is 5.80. The molecule has 0 amide bonds. The molecule has 0 bridgehead atoms. The highest BCUT2D eigenvalue weighted by molar-refractivity contribution is 6.34. The third-order valence-corrected chi connectivity index (χ3v) is 8.67. The van der Waals surface area contributed by atoms with Gasteiger partial charge < -0.3 is 24.0 Å². The van der Waals surface area contributed by atoms with Crippen molar-refractivity contribution >= 4 is 52.0 Å². The highest BCUT2D eigenvalue weighted by atomic mass is 35.5. The van der Waals surface area contributed by atoms with Crippen molar-refractivity contribution in [2.45, 2.75) is 31.7 Å². The van der Waals surface area contributed by atoms with Crippen LogP contribution in [0.3, 0.4) is 0 Å². The summed E-state index contributed by atoms with van der Waals surface area (Å²) in [7, 11) is 0. The van der Waals surface area contributed by atoms with Crippen LogP contribution in [-0.2, 0) is 17.8 Å². The number of benzene rings is 2. The van der Waals surface area contributed by atoms with Crippen molar-refractivity contribution in [3.8, 4) is 5.75 Å². The highest BCUT2D eigenvalue weighted by Crippen LogP contribution is 2.41. The molecule has 2 unspecified atom stereocenters. The number of ether oxygens (including phenoxy) is 2. The first-order valence-corrected chi connectivity index (χ1v) is 14.8. The molecule has 9 nitrogen and oxygen atoms in total. The number of piperazine rings is 1. The smallest absolute Gasteiger partial charge is 0.335 e.